The molecule has 6 heteroatoms. The van der Waals surface area contributed by atoms with Crippen LogP contribution in [0.1, 0.15) is 17.3 Å². The standard InChI is InChI=1S/C10H11BrN4S/c1-12-9(10-6-14-16-15-10)3-7-2-8(11)5-13-4-7/h2,4-6,9,12H,3H2,1H3. The van der Waals surface area contributed by atoms with Gasteiger partial charge in [0.15, 0.2) is 0 Å². The van der Waals surface area contributed by atoms with Crippen molar-refractivity contribution in [1.82, 2.24) is 19.0 Å². The topological polar surface area (TPSA) is 50.7 Å². The van der Waals surface area contributed by atoms with E-state index in [4.69, 9.17) is 0 Å². The minimum atomic E-state index is 0.190. The number of likely N-dealkylation sites (N-methyl/N-ethyl adjacent to an activating group) is 1. The van der Waals surface area contributed by atoms with Crippen molar-refractivity contribution in [3.05, 3.63) is 40.4 Å². The van der Waals surface area contributed by atoms with Crippen molar-refractivity contribution in [3.8, 4) is 0 Å². The highest BCUT2D eigenvalue weighted by molar-refractivity contribution is 9.10. The average Bonchev–Trinajstić information content (AvgIpc) is 2.79. The highest BCUT2D eigenvalue weighted by atomic mass is 79.9. The summed E-state index contributed by atoms with van der Waals surface area (Å²) in [4.78, 5) is 4.14. The van der Waals surface area contributed by atoms with E-state index < -0.39 is 0 Å². The Morgan fingerprint density at radius 2 is 2.31 bits per heavy atom. The normalized spacial score (nSPS) is 12.6. The van der Waals surface area contributed by atoms with Gasteiger partial charge in [-0.25, -0.2) is 0 Å². The molecule has 2 heterocycles. The molecule has 16 heavy (non-hydrogen) atoms. The number of aromatic nitrogens is 3. The number of nitrogens with zero attached hydrogens (tertiary/aromatic N) is 3. The maximum atomic E-state index is 4.24. The second-order valence-electron chi connectivity index (χ2n) is 3.39. The molecule has 0 amide bonds. The maximum absolute atomic E-state index is 4.24. The number of halogens is 1. The lowest BCUT2D eigenvalue weighted by Crippen LogP contribution is -2.19. The van der Waals surface area contributed by atoms with E-state index in [2.05, 4.69) is 41.0 Å². The molecular weight excluding hydrogens is 288 g/mol. The van der Waals surface area contributed by atoms with Crippen LogP contribution in [0.2, 0.25) is 0 Å². The van der Waals surface area contributed by atoms with Gasteiger partial charge in [0, 0.05) is 16.9 Å². The van der Waals surface area contributed by atoms with Gasteiger partial charge in [-0.1, -0.05) is 0 Å². The van der Waals surface area contributed by atoms with E-state index >= 15 is 0 Å². The Kier molecular flexibility index (Phi) is 3.98. The third kappa shape index (κ3) is 2.84. The van der Waals surface area contributed by atoms with Crippen molar-refractivity contribution < 1.29 is 0 Å². The average molecular weight is 299 g/mol. The molecule has 1 unspecified atom stereocenters. The van der Waals surface area contributed by atoms with Crippen LogP contribution < -0.4 is 5.32 Å². The molecule has 0 saturated heterocycles. The zero-order chi connectivity index (χ0) is 11.4. The van der Waals surface area contributed by atoms with Gasteiger partial charge >= 0.3 is 0 Å². The predicted octanol–water partition coefficient (Wildman–Crippen LogP) is 2.20. The molecule has 0 aliphatic carbocycles. The second-order valence-corrected chi connectivity index (χ2v) is 4.86. The summed E-state index contributed by atoms with van der Waals surface area (Å²) < 4.78 is 9.25. The minimum Gasteiger partial charge on any atom is -0.311 e. The molecule has 2 rings (SSSR count). The monoisotopic (exact) mass is 298 g/mol. The molecule has 0 aromatic carbocycles. The van der Waals surface area contributed by atoms with Crippen molar-refractivity contribution >= 4 is 27.7 Å². The van der Waals surface area contributed by atoms with Crippen LogP contribution in [-0.2, 0) is 6.42 Å². The number of hydrogen-bond donors (Lipinski definition) is 1. The lowest BCUT2D eigenvalue weighted by molar-refractivity contribution is 0.579. The number of pyridine rings is 1. The van der Waals surface area contributed by atoms with Gasteiger partial charge in [-0.2, -0.15) is 8.75 Å². The minimum absolute atomic E-state index is 0.190. The summed E-state index contributed by atoms with van der Waals surface area (Å²) in [6, 6.07) is 2.26. The first kappa shape index (κ1) is 11.6. The van der Waals surface area contributed by atoms with Crippen molar-refractivity contribution in [2.45, 2.75) is 12.5 Å². The van der Waals surface area contributed by atoms with Crippen LogP contribution in [0.15, 0.2) is 29.1 Å². The first-order valence-electron chi connectivity index (χ1n) is 4.83. The molecule has 84 valence electrons. The van der Waals surface area contributed by atoms with Gasteiger partial charge in [0.2, 0.25) is 0 Å². The van der Waals surface area contributed by atoms with Crippen molar-refractivity contribution in [2.24, 2.45) is 0 Å². The molecule has 1 N–H and O–H groups in total. The highest BCUT2D eigenvalue weighted by Gasteiger charge is 2.12. The number of hydrogen-bond acceptors (Lipinski definition) is 5. The smallest absolute Gasteiger partial charge is 0.0915 e. The number of nitrogens with one attached hydrogen (secondary N) is 1. The largest absolute Gasteiger partial charge is 0.311 e. The Labute approximate surface area is 107 Å². The summed E-state index contributed by atoms with van der Waals surface area (Å²) >= 11 is 4.65. The summed E-state index contributed by atoms with van der Waals surface area (Å²) in [5, 5.41) is 3.23. The van der Waals surface area contributed by atoms with Gasteiger partial charge in [0.1, 0.15) is 0 Å². The molecule has 2 aromatic rings. The Morgan fingerprint density at radius 1 is 1.44 bits per heavy atom. The lowest BCUT2D eigenvalue weighted by Gasteiger charge is -2.12. The Balaban J connectivity index is 2.13. The summed E-state index contributed by atoms with van der Waals surface area (Å²) in [6.07, 6.45) is 6.31. The molecule has 0 spiro atoms. The Morgan fingerprint density at radius 3 is 2.94 bits per heavy atom. The van der Waals surface area contributed by atoms with Gasteiger partial charge in [-0.3, -0.25) is 4.98 Å². The Hall–Kier alpha value is -0.850. The van der Waals surface area contributed by atoms with Gasteiger partial charge in [-0.05, 0) is 41.0 Å². The van der Waals surface area contributed by atoms with Gasteiger partial charge in [0.05, 0.1) is 29.7 Å². The first-order valence-corrected chi connectivity index (χ1v) is 6.36. The maximum Gasteiger partial charge on any atom is 0.0915 e. The molecule has 0 aliphatic heterocycles. The van der Waals surface area contributed by atoms with E-state index in [1.165, 1.54) is 17.3 Å². The van der Waals surface area contributed by atoms with E-state index in [0.717, 1.165) is 16.6 Å². The van der Waals surface area contributed by atoms with E-state index in [0.29, 0.717) is 0 Å². The van der Waals surface area contributed by atoms with Gasteiger partial charge in [-0.15, -0.1) is 0 Å². The molecule has 0 radical (unpaired) electrons. The summed E-state index contributed by atoms with van der Waals surface area (Å²) in [5.41, 5.74) is 2.15. The van der Waals surface area contributed by atoms with E-state index in [1.54, 1.807) is 12.4 Å². The third-order valence-corrected chi connectivity index (χ3v) is 3.21. The quantitative estimate of drug-likeness (QED) is 0.940. The molecule has 2 aromatic heterocycles. The predicted molar refractivity (Wildman–Crippen MR) is 67.4 cm³/mol. The fourth-order valence-electron chi connectivity index (χ4n) is 1.48. The van der Waals surface area contributed by atoms with Crippen LogP contribution in [-0.4, -0.2) is 20.8 Å². The van der Waals surface area contributed by atoms with Crippen molar-refractivity contribution in [2.75, 3.05) is 7.05 Å². The molecule has 0 fully saturated rings. The van der Waals surface area contributed by atoms with Crippen LogP contribution in [0.5, 0.6) is 0 Å². The van der Waals surface area contributed by atoms with Gasteiger partial charge in [0.25, 0.3) is 0 Å². The molecular formula is C10H11BrN4S. The lowest BCUT2D eigenvalue weighted by atomic mass is 10.1. The molecule has 0 saturated carbocycles. The highest BCUT2D eigenvalue weighted by Crippen LogP contribution is 2.18. The first-order chi connectivity index (χ1) is 7.79. The summed E-state index contributed by atoms with van der Waals surface area (Å²) in [6.45, 7) is 0. The van der Waals surface area contributed by atoms with Gasteiger partial charge < -0.3 is 5.32 Å². The van der Waals surface area contributed by atoms with Crippen LogP contribution in [0, 0.1) is 0 Å². The van der Waals surface area contributed by atoms with Crippen LogP contribution in [0.25, 0.3) is 0 Å². The fraction of sp³-hybridized carbons (Fsp3) is 0.300. The summed E-state index contributed by atoms with van der Waals surface area (Å²) in [7, 11) is 1.93. The zero-order valence-electron chi connectivity index (χ0n) is 8.72. The molecule has 1 atom stereocenters. The Bertz CT molecular complexity index is 446. The van der Waals surface area contributed by atoms with Crippen LogP contribution >= 0.6 is 27.7 Å². The molecule has 0 aliphatic rings. The van der Waals surface area contributed by atoms with Crippen molar-refractivity contribution in [1.29, 1.82) is 0 Å². The number of rotatable bonds is 4. The fourth-order valence-corrected chi connectivity index (χ4v) is 2.37. The van der Waals surface area contributed by atoms with E-state index in [1.807, 2.05) is 13.2 Å². The van der Waals surface area contributed by atoms with E-state index in [-0.39, 0.29) is 6.04 Å². The molecule has 0 bridgehead atoms. The third-order valence-electron chi connectivity index (χ3n) is 2.29. The summed E-state index contributed by atoms with van der Waals surface area (Å²) in [5.74, 6) is 0. The van der Waals surface area contributed by atoms with Crippen LogP contribution in [0.4, 0.5) is 0 Å². The SMILES string of the molecule is CNC(Cc1cncc(Br)c1)c1cnsn1. The van der Waals surface area contributed by atoms with Crippen LogP contribution in [0.3, 0.4) is 0 Å². The van der Waals surface area contributed by atoms with E-state index in [9.17, 15) is 0 Å². The zero-order valence-corrected chi connectivity index (χ0v) is 11.1. The van der Waals surface area contributed by atoms with Crippen molar-refractivity contribution in [3.63, 3.8) is 0 Å². The molecule has 4 nitrogen and oxygen atoms in total. The second kappa shape index (κ2) is 5.47.